The number of furan rings is 1. The zero-order valence-electron chi connectivity index (χ0n) is 15.9. The summed E-state index contributed by atoms with van der Waals surface area (Å²) in [4.78, 5) is 8.95. The Morgan fingerprint density at radius 3 is 2.75 bits per heavy atom. The first kappa shape index (κ1) is 18.0. The molecule has 0 unspecified atom stereocenters. The van der Waals surface area contributed by atoms with Crippen LogP contribution in [0.5, 0.6) is 5.75 Å². The smallest absolute Gasteiger partial charge is 0.169 e. The molecule has 2 aromatic carbocycles. The second-order valence-electron chi connectivity index (χ2n) is 6.71. The minimum absolute atomic E-state index is 0.117. The van der Waals surface area contributed by atoms with Crippen LogP contribution >= 0.6 is 0 Å². The van der Waals surface area contributed by atoms with Crippen molar-refractivity contribution in [1.29, 1.82) is 0 Å². The van der Waals surface area contributed by atoms with E-state index in [9.17, 15) is 4.39 Å². The maximum Gasteiger partial charge on any atom is 0.169 e. The number of hydrogen-bond donors (Lipinski definition) is 1. The lowest BCUT2D eigenvalue weighted by Gasteiger charge is -2.19. The molecule has 4 rings (SSSR count). The van der Waals surface area contributed by atoms with Crippen molar-refractivity contribution >= 4 is 16.8 Å². The van der Waals surface area contributed by atoms with Crippen molar-refractivity contribution in [2.75, 3.05) is 12.8 Å². The first-order valence-corrected chi connectivity index (χ1v) is 8.93. The predicted octanol–water partition coefficient (Wildman–Crippen LogP) is 5.08. The van der Waals surface area contributed by atoms with Crippen LogP contribution in [0.1, 0.15) is 29.8 Å². The Bertz CT molecular complexity index is 1170. The lowest BCUT2D eigenvalue weighted by molar-refractivity contribution is 0.414. The number of methoxy groups -OCH3 is 1. The molecule has 0 spiro atoms. The number of aryl methyl sites for hydroxylation is 1. The molecule has 6 heteroatoms. The summed E-state index contributed by atoms with van der Waals surface area (Å²) < 4.78 is 25.1. The number of fused-ring (bicyclic) bond motifs is 1. The standard InChI is InChI=1S/C22H20FN3O2/c1-12(14-5-4-6-17(10-14)27-3)19-20(25-13(2)26-22(19)24)16-9-15-7-8-28-21(15)18(23)11-16/h4-12H,1-3H3,(H2,24,25,26)/t12-/m0/s1. The number of nitrogens with zero attached hydrogens (tertiary/aromatic N) is 2. The minimum Gasteiger partial charge on any atom is -0.497 e. The Kier molecular flexibility index (Phi) is 4.47. The third-order valence-corrected chi connectivity index (χ3v) is 4.89. The zero-order chi connectivity index (χ0) is 19.8. The molecule has 2 heterocycles. The van der Waals surface area contributed by atoms with E-state index in [1.807, 2.05) is 37.3 Å². The fraction of sp³-hybridized carbons (Fsp3) is 0.182. The highest BCUT2D eigenvalue weighted by Crippen LogP contribution is 2.37. The number of hydrogen-bond acceptors (Lipinski definition) is 5. The molecule has 4 aromatic rings. The summed E-state index contributed by atoms with van der Waals surface area (Å²) in [6.45, 7) is 3.79. The number of halogens is 1. The Hall–Kier alpha value is -3.41. The highest BCUT2D eigenvalue weighted by atomic mass is 19.1. The van der Waals surface area contributed by atoms with E-state index in [0.29, 0.717) is 28.3 Å². The van der Waals surface area contributed by atoms with E-state index in [1.165, 1.54) is 12.3 Å². The third-order valence-electron chi connectivity index (χ3n) is 4.89. The lowest BCUT2D eigenvalue weighted by Crippen LogP contribution is -2.09. The summed E-state index contributed by atoms with van der Waals surface area (Å²) in [5, 5.41) is 0.671. The Morgan fingerprint density at radius 2 is 1.96 bits per heavy atom. The van der Waals surface area contributed by atoms with Crippen LogP contribution < -0.4 is 10.5 Å². The van der Waals surface area contributed by atoms with Crippen molar-refractivity contribution in [3.63, 3.8) is 0 Å². The van der Waals surface area contributed by atoms with E-state index in [0.717, 1.165) is 16.9 Å². The molecule has 0 saturated carbocycles. The zero-order valence-corrected chi connectivity index (χ0v) is 15.9. The van der Waals surface area contributed by atoms with Gasteiger partial charge in [0.2, 0.25) is 0 Å². The summed E-state index contributed by atoms with van der Waals surface area (Å²) in [6, 6.07) is 12.8. The van der Waals surface area contributed by atoms with E-state index in [1.54, 1.807) is 20.1 Å². The Morgan fingerprint density at radius 1 is 1.14 bits per heavy atom. The van der Waals surface area contributed by atoms with Gasteiger partial charge in [-0.1, -0.05) is 19.1 Å². The second kappa shape index (κ2) is 6.96. The number of nitrogen functional groups attached to an aromatic ring is 1. The van der Waals surface area contributed by atoms with Gasteiger partial charge in [-0.25, -0.2) is 14.4 Å². The van der Waals surface area contributed by atoms with Crippen molar-refractivity contribution in [2.45, 2.75) is 19.8 Å². The van der Waals surface area contributed by atoms with Crippen molar-refractivity contribution in [1.82, 2.24) is 9.97 Å². The van der Waals surface area contributed by atoms with Crippen LogP contribution in [0.15, 0.2) is 53.1 Å². The van der Waals surface area contributed by atoms with Gasteiger partial charge in [-0.15, -0.1) is 0 Å². The molecule has 28 heavy (non-hydrogen) atoms. The molecule has 1 atom stereocenters. The topological polar surface area (TPSA) is 74.2 Å². The van der Waals surface area contributed by atoms with Gasteiger partial charge < -0.3 is 14.9 Å². The van der Waals surface area contributed by atoms with Crippen LogP contribution in [-0.2, 0) is 0 Å². The van der Waals surface area contributed by atoms with Crippen LogP contribution in [-0.4, -0.2) is 17.1 Å². The average Bonchev–Trinajstić information content (AvgIpc) is 3.16. The third kappa shape index (κ3) is 3.07. The van der Waals surface area contributed by atoms with Gasteiger partial charge in [0, 0.05) is 22.4 Å². The quantitative estimate of drug-likeness (QED) is 0.537. The molecule has 0 saturated heterocycles. The van der Waals surface area contributed by atoms with Gasteiger partial charge in [0.05, 0.1) is 19.1 Å². The van der Waals surface area contributed by atoms with Crippen LogP contribution in [0.25, 0.3) is 22.2 Å². The highest BCUT2D eigenvalue weighted by molar-refractivity contribution is 5.84. The minimum atomic E-state index is -0.438. The summed E-state index contributed by atoms with van der Waals surface area (Å²) in [7, 11) is 1.63. The van der Waals surface area contributed by atoms with Gasteiger partial charge >= 0.3 is 0 Å². The monoisotopic (exact) mass is 377 g/mol. The molecule has 0 bridgehead atoms. The maximum absolute atomic E-state index is 14.5. The number of ether oxygens (including phenoxy) is 1. The Labute approximate surface area is 162 Å². The molecule has 0 aliphatic carbocycles. The number of nitrogens with two attached hydrogens (primary N) is 1. The second-order valence-corrected chi connectivity index (χ2v) is 6.71. The molecule has 142 valence electrons. The van der Waals surface area contributed by atoms with Crippen molar-refractivity contribution < 1.29 is 13.5 Å². The number of anilines is 1. The molecule has 0 fully saturated rings. The molecular weight excluding hydrogens is 357 g/mol. The van der Waals surface area contributed by atoms with Crippen LogP contribution in [0, 0.1) is 12.7 Å². The fourth-order valence-corrected chi connectivity index (χ4v) is 3.50. The van der Waals surface area contributed by atoms with Crippen molar-refractivity contribution in [3.8, 4) is 17.0 Å². The number of benzene rings is 2. The highest BCUT2D eigenvalue weighted by Gasteiger charge is 2.22. The summed E-state index contributed by atoms with van der Waals surface area (Å²) >= 11 is 0. The van der Waals surface area contributed by atoms with Gasteiger partial charge in [-0.05, 0) is 42.8 Å². The normalized spacial score (nSPS) is 12.3. The molecular formula is C22H20FN3O2. The first-order valence-electron chi connectivity index (χ1n) is 8.93. The maximum atomic E-state index is 14.5. The van der Waals surface area contributed by atoms with Crippen LogP contribution in [0.2, 0.25) is 0 Å². The van der Waals surface area contributed by atoms with Crippen molar-refractivity contribution in [3.05, 3.63) is 71.5 Å². The van der Waals surface area contributed by atoms with Gasteiger partial charge in [-0.3, -0.25) is 0 Å². The van der Waals surface area contributed by atoms with E-state index in [2.05, 4.69) is 9.97 Å². The Balaban J connectivity index is 1.92. The molecule has 0 amide bonds. The van der Waals surface area contributed by atoms with E-state index < -0.39 is 5.82 Å². The number of rotatable bonds is 4. The van der Waals surface area contributed by atoms with Crippen LogP contribution in [0.3, 0.4) is 0 Å². The lowest BCUT2D eigenvalue weighted by atomic mass is 9.89. The average molecular weight is 377 g/mol. The summed E-state index contributed by atoms with van der Waals surface area (Å²) in [6.07, 6.45) is 1.47. The first-order chi connectivity index (χ1) is 13.5. The molecule has 2 aromatic heterocycles. The van der Waals surface area contributed by atoms with E-state index >= 15 is 0 Å². The van der Waals surface area contributed by atoms with E-state index in [4.69, 9.17) is 14.9 Å². The predicted molar refractivity (Wildman–Crippen MR) is 107 cm³/mol. The molecule has 0 aliphatic rings. The fourth-order valence-electron chi connectivity index (χ4n) is 3.50. The van der Waals surface area contributed by atoms with Crippen LogP contribution in [0.4, 0.5) is 10.2 Å². The summed E-state index contributed by atoms with van der Waals surface area (Å²) in [5.74, 6) is 1.11. The molecule has 0 aliphatic heterocycles. The molecule has 5 nitrogen and oxygen atoms in total. The van der Waals surface area contributed by atoms with E-state index in [-0.39, 0.29) is 11.5 Å². The van der Waals surface area contributed by atoms with Crippen molar-refractivity contribution in [2.24, 2.45) is 0 Å². The SMILES string of the molecule is COc1cccc([C@H](C)c2c(N)nc(C)nc2-c2cc(F)c3occc3c2)c1. The molecule has 0 radical (unpaired) electrons. The van der Waals surface area contributed by atoms with Gasteiger partial charge in [0.25, 0.3) is 0 Å². The summed E-state index contributed by atoms with van der Waals surface area (Å²) in [5.41, 5.74) is 9.53. The van der Waals surface area contributed by atoms with Gasteiger partial charge in [0.1, 0.15) is 17.4 Å². The van der Waals surface area contributed by atoms with Gasteiger partial charge in [0.15, 0.2) is 11.4 Å². The number of aromatic nitrogens is 2. The largest absolute Gasteiger partial charge is 0.497 e. The van der Waals surface area contributed by atoms with Gasteiger partial charge in [-0.2, -0.15) is 0 Å². The molecule has 2 N–H and O–H groups in total.